The number of fused-ring (bicyclic) bond motifs is 2. The monoisotopic (exact) mass is 495 g/mol. The smallest absolute Gasteiger partial charge is 0.417 e. The average Bonchev–Trinajstić information content (AvgIpc) is 3.14. The van der Waals surface area contributed by atoms with Crippen LogP contribution < -0.4 is 10.5 Å². The Morgan fingerprint density at radius 2 is 1.71 bits per heavy atom. The summed E-state index contributed by atoms with van der Waals surface area (Å²) >= 11 is 0. The van der Waals surface area contributed by atoms with Gasteiger partial charge in [0.25, 0.3) is 0 Å². The lowest BCUT2D eigenvalue weighted by Crippen LogP contribution is -2.11. The van der Waals surface area contributed by atoms with Gasteiger partial charge in [-0.1, -0.05) is 6.07 Å². The summed E-state index contributed by atoms with van der Waals surface area (Å²) in [5, 5.41) is 0.341. The fourth-order valence-corrected chi connectivity index (χ4v) is 4.39. The van der Waals surface area contributed by atoms with Crippen LogP contribution in [0.1, 0.15) is 35.2 Å². The fraction of sp³-hybridized carbons (Fsp3) is 0.320. The molecule has 0 aliphatic rings. The number of alkyl halides is 6. The molecule has 2 heterocycles. The summed E-state index contributed by atoms with van der Waals surface area (Å²) in [6.45, 7) is 2.14. The molecule has 3 N–H and O–H groups in total. The van der Waals surface area contributed by atoms with Gasteiger partial charge in [0.2, 0.25) is 0 Å². The number of ether oxygens (including phenoxy) is 1. The lowest BCUT2D eigenvalue weighted by atomic mass is 9.94. The molecule has 4 nitrogen and oxygen atoms in total. The number of aryl methyl sites for hydroxylation is 2. The largest absolute Gasteiger partial charge is 0.494 e. The molecule has 0 amide bonds. The molecule has 0 spiro atoms. The van der Waals surface area contributed by atoms with Crippen molar-refractivity contribution in [2.75, 3.05) is 13.7 Å². The molecule has 186 valence electrons. The molecule has 0 bridgehead atoms. The Labute approximate surface area is 197 Å². The number of aromatic nitrogens is 2. The van der Waals surface area contributed by atoms with Crippen molar-refractivity contribution >= 4 is 21.8 Å². The first kappa shape index (κ1) is 24.8. The van der Waals surface area contributed by atoms with Gasteiger partial charge in [-0.15, -0.1) is 0 Å². The number of hydrogen-bond donors (Lipinski definition) is 2. The first-order chi connectivity index (χ1) is 16.5. The predicted molar refractivity (Wildman–Crippen MR) is 122 cm³/mol. The molecule has 4 aromatic rings. The molecule has 0 aliphatic heterocycles. The lowest BCUT2D eigenvalue weighted by molar-refractivity contribution is -0.142. The van der Waals surface area contributed by atoms with Gasteiger partial charge >= 0.3 is 12.4 Å². The van der Waals surface area contributed by atoms with Crippen LogP contribution in [0.15, 0.2) is 36.4 Å². The summed E-state index contributed by atoms with van der Waals surface area (Å²) in [7, 11) is 1.48. The number of methoxy groups -OCH3 is 1. The minimum atomic E-state index is -4.98. The van der Waals surface area contributed by atoms with Crippen molar-refractivity contribution in [3.05, 3.63) is 58.8 Å². The van der Waals surface area contributed by atoms with Crippen LogP contribution in [-0.2, 0) is 18.8 Å². The molecular formula is C25H23F6N3O. The highest BCUT2D eigenvalue weighted by Crippen LogP contribution is 2.45. The first-order valence-corrected chi connectivity index (χ1v) is 10.9. The highest BCUT2D eigenvalue weighted by Gasteiger charge is 2.39. The van der Waals surface area contributed by atoms with E-state index in [1.807, 2.05) is 0 Å². The lowest BCUT2D eigenvalue weighted by Gasteiger charge is -2.15. The van der Waals surface area contributed by atoms with E-state index < -0.39 is 23.5 Å². The van der Waals surface area contributed by atoms with E-state index >= 15 is 0 Å². The zero-order valence-electron chi connectivity index (χ0n) is 19.0. The summed E-state index contributed by atoms with van der Waals surface area (Å²) in [5.74, 6) is 0.476. The van der Waals surface area contributed by atoms with E-state index in [1.165, 1.54) is 7.11 Å². The number of hydrogen-bond acceptors (Lipinski definition) is 3. The van der Waals surface area contributed by atoms with Gasteiger partial charge in [-0.3, -0.25) is 0 Å². The van der Waals surface area contributed by atoms with Gasteiger partial charge in [0.1, 0.15) is 11.3 Å². The van der Waals surface area contributed by atoms with Crippen LogP contribution in [0.3, 0.4) is 0 Å². The molecule has 2 aromatic carbocycles. The Hall–Kier alpha value is -3.27. The van der Waals surface area contributed by atoms with Gasteiger partial charge in [-0.25, -0.2) is 4.98 Å². The van der Waals surface area contributed by atoms with E-state index in [0.717, 1.165) is 6.07 Å². The predicted octanol–water partition coefficient (Wildman–Crippen LogP) is 7.02. The van der Waals surface area contributed by atoms with Crippen LogP contribution in [0.4, 0.5) is 26.3 Å². The summed E-state index contributed by atoms with van der Waals surface area (Å²) < 4.78 is 87.9. The molecule has 0 saturated heterocycles. The number of rotatable bonds is 6. The maximum absolute atomic E-state index is 14.0. The molecule has 0 saturated carbocycles. The van der Waals surface area contributed by atoms with E-state index in [0.29, 0.717) is 58.6 Å². The number of nitrogens with two attached hydrogens (primary N) is 1. The summed E-state index contributed by atoms with van der Waals surface area (Å²) in [6, 6.07) is 7.76. The summed E-state index contributed by atoms with van der Waals surface area (Å²) in [6.07, 6.45) is -8.69. The second-order valence-corrected chi connectivity index (χ2v) is 8.33. The molecule has 2 aromatic heterocycles. The van der Waals surface area contributed by atoms with Crippen LogP contribution in [0.25, 0.3) is 33.1 Å². The van der Waals surface area contributed by atoms with Gasteiger partial charge in [0, 0.05) is 27.5 Å². The van der Waals surface area contributed by atoms with Crippen molar-refractivity contribution in [2.45, 2.75) is 38.5 Å². The third kappa shape index (κ3) is 4.67. The summed E-state index contributed by atoms with van der Waals surface area (Å²) in [5.41, 5.74) is 5.02. The number of H-pyrrole nitrogens is 1. The minimum absolute atomic E-state index is 0.184. The maximum atomic E-state index is 14.0. The fourth-order valence-electron chi connectivity index (χ4n) is 4.39. The molecule has 0 atom stereocenters. The summed E-state index contributed by atoms with van der Waals surface area (Å²) in [4.78, 5) is 7.39. The Balaban J connectivity index is 2.09. The van der Waals surface area contributed by atoms with E-state index in [-0.39, 0.29) is 23.4 Å². The Morgan fingerprint density at radius 3 is 2.34 bits per heavy atom. The Bertz CT molecular complexity index is 1390. The number of halogens is 6. The van der Waals surface area contributed by atoms with Crippen molar-refractivity contribution in [2.24, 2.45) is 5.73 Å². The van der Waals surface area contributed by atoms with Crippen molar-refractivity contribution in [1.29, 1.82) is 0 Å². The van der Waals surface area contributed by atoms with E-state index in [9.17, 15) is 26.3 Å². The average molecular weight is 495 g/mol. The topological polar surface area (TPSA) is 63.9 Å². The number of nitrogens with one attached hydrogen (secondary N) is 1. The zero-order valence-corrected chi connectivity index (χ0v) is 19.0. The maximum Gasteiger partial charge on any atom is 0.417 e. The number of aromatic amines is 1. The third-order valence-electron chi connectivity index (χ3n) is 5.96. The minimum Gasteiger partial charge on any atom is -0.494 e. The van der Waals surface area contributed by atoms with Gasteiger partial charge in [0.05, 0.1) is 23.9 Å². The van der Waals surface area contributed by atoms with Crippen molar-refractivity contribution in [1.82, 2.24) is 9.97 Å². The molecule has 0 fully saturated rings. The standard InChI is InChI=1S/C25H23F6N3O/c1-13-6-7-16-15(8-9-20(35-2)23(16)33-13)22-17(5-3-4-10-32)21-18(25(29,30)31)11-14(24(26,27)28)12-19(21)34-22/h6-9,11-12,34H,3-5,10,32H2,1-2H3. The molecule has 35 heavy (non-hydrogen) atoms. The van der Waals surface area contributed by atoms with Gasteiger partial charge in [0.15, 0.2) is 0 Å². The number of pyridine rings is 1. The molecule has 4 rings (SSSR count). The highest BCUT2D eigenvalue weighted by atomic mass is 19.4. The highest BCUT2D eigenvalue weighted by molar-refractivity contribution is 6.02. The van der Waals surface area contributed by atoms with E-state index in [1.54, 1.807) is 31.2 Å². The quantitative estimate of drug-likeness (QED) is 0.223. The molecular weight excluding hydrogens is 472 g/mol. The second-order valence-electron chi connectivity index (χ2n) is 8.33. The first-order valence-electron chi connectivity index (χ1n) is 10.9. The van der Waals surface area contributed by atoms with Crippen molar-refractivity contribution in [3.63, 3.8) is 0 Å². The number of unbranched alkanes of at least 4 members (excludes halogenated alkanes) is 1. The van der Waals surface area contributed by atoms with Crippen LogP contribution in [-0.4, -0.2) is 23.6 Å². The molecule has 0 unspecified atom stereocenters. The third-order valence-corrected chi connectivity index (χ3v) is 5.96. The molecule has 0 aliphatic carbocycles. The van der Waals surface area contributed by atoms with Crippen LogP contribution >= 0.6 is 0 Å². The van der Waals surface area contributed by atoms with Gasteiger partial charge in [-0.2, -0.15) is 26.3 Å². The normalized spacial score (nSPS) is 12.6. The molecule has 10 heteroatoms. The SMILES string of the molecule is COc1ccc(-c2[nH]c3cc(C(F)(F)F)cc(C(F)(F)F)c3c2CCCCN)c2ccc(C)nc12. The second kappa shape index (κ2) is 9.07. The van der Waals surface area contributed by atoms with E-state index in [4.69, 9.17) is 10.5 Å². The Morgan fingerprint density at radius 1 is 0.971 bits per heavy atom. The number of nitrogens with zero attached hydrogens (tertiary/aromatic N) is 1. The zero-order chi connectivity index (χ0) is 25.5. The number of benzene rings is 2. The van der Waals surface area contributed by atoms with Crippen LogP contribution in [0, 0.1) is 6.92 Å². The van der Waals surface area contributed by atoms with E-state index in [2.05, 4.69) is 9.97 Å². The Kier molecular flexibility index (Phi) is 6.44. The van der Waals surface area contributed by atoms with Gasteiger partial charge < -0.3 is 15.5 Å². The van der Waals surface area contributed by atoms with Crippen LogP contribution in [0.5, 0.6) is 5.75 Å². The molecule has 0 radical (unpaired) electrons. The van der Waals surface area contributed by atoms with Crippen LogP contribution in [0.2, 0.25) is 0 Å². The van der Waals surface area contributed by atoms with Crippen molar-refractivity contribution in [3.8, 4) is 17.0 Å². The van der Waals surface area contributed by atoms with Gasteiger partial charge in [-0.05, 0) is 68.6 Å². The van der Waals surface area contributed by atoms with Crippen molar-refractivity contribution < 1.29 is 31.1 Å².